The number of aryl methyl sites for hydroxylation is 2. The van der Waals surface area contributed by atoms with Crippen molar-refractivity contribution in [1.29, 1.82) is 0 Å². The Morgan fingerprint density at radius 2 is 2.06 bits per heavy atom. The van der Waals surface area contributed by atoms with E-state index in [0.717, 1.165) is 10.9 Å². The van der Waals surface area contributed by atoms with E-state index < -0.39 is 12.6 Å². The van der Waals surface area contributed by atoms with Gasteiger partial charge in [-0.2, -0.15) is 18.3 Å². The zero-order valence-corrected chi connectivity index (χ0v) is 17.1. The van der Waals surface area contributed by atoms with Crippen LogP contribution in [0.4, 0.5) is 13.2 Å². The Morgan fingerprint density at radius 1 is 1.26 bits per heavy atom. The largest absolute Gasteiger partial charge is 0.396 e. The standard InChI is InChI=1S/C21H24F3N5O2/c1-14-9-15(11-27-17(14)3-5-21(22,23)24)12-29-13-16-18(28-29)4-7-25-19(16)10-20(31)26-6-2-8-30/h4,7,9,11,13,30H,2-3,5-6,8,10,12H2,1H3,(H,26,31). The molecule has 0 aliphatic rings. The first-order chi connectivity index (χ1) is 14.7. The fourth-order valence-electron chi connectivity index (χ4n) is 3.25. The molecule has 3 aromatic heterocycles. The van der Waals surface area contributed by atoms with Gasteiger partial charge in [-0.3, -0.25) is 19.4 Å². The van der Waals surface area contributed by atoms with Crippen LogP contribution < -0.4 is 5.32 Å². The van der Waals surface area contributed by atoms with Crippen molar-refractivity contribution in [2.24, 2.45) is 0 Å². The van der Waals surface area contributed by atoms with Gasteiger partial charge in [-0.05, 0) is 37.0 Å². The summed E-state index contributed by atoms with van der Waals surface area (Å²) in [4.78, 5) is 20.6. The Morgan fingerprint density at radius 3 is 2.77 bits per heavy atom. The molecule has 0 atom stereocenters. The minimum absolute atomic E-state index is 0.0124. The van der Waals surface area contributed by atoms with E-state index >= 15 is 0 Å². The first kappa shape index (κ1) is 22.7. The van der Waals surface area contributed by atoms with E-state index in [0.29, 0.717) is 42.0 Å². The second-order valence-electron chi connectivity index (χ2n) is 7.34. The number of aliphatic hydroxyl groups is 1. The number of fused-ring (bicyclic) bond motifs is 1. The lowest BCUT2D eigenvalue weighted by molar-refractivity contribution is -0.134. The molecule has 0 unspecified atom stereocenters. The van der Waals surface area contributed by atoms with Crippen LogP contribution in [0.15, 0.2) is 30.7 Å². The van der Waals surface area contributed by atoms with E-state index in [1.165, 1.54) is 0 Å². The van der Waals surface area contributed by atoms with Gasteiger partial charge < -0.3 is 10.4 Å². The summed E-state index contributed by atoms with van der Waals surface area (Å²) in [5.74, 6) is -0.185. The Kier molecular flexibility index (Phi) is 7.21. The number of hydrogen-bond acceptors (Lipinski definition) is 5. The Labute approximate surface area is 177 Å². The highest BCUT2D eigenvalue weighted by atomic mass is 19.4. The van der Waals surface area contributed by atoms with Crippen molar-refractivity contribution in [2.45, 2.75) is 45.3 Å². The van der Waals surface area contributed by atoms with Crippen LogP contribution in [-0.4, -0.2) is 50.1 Å². The molecule has 0 aliphatic carbocycles. The van der Waals surface area contributed by atoms with Gasteiger partial charge in [-0.25, -0.2) is 0 Å². The molecular formula is C21H24F3N5O2. The van der Waals surface area contributed by atoms with Crippen LogP contribution in [-0.2, 0) is 24.2 Å². The van der Waals surface area contributed by atoms with Gasteiger partial charge in [0.25, 0.3) is 0 Å². The lowest BCUT2D eigenvalue weighted by atomic mass is 10.1. The van der Waals surface area contributed by atoms with E-state index in [-0.39, 0.29) is 25.4 Å². The molecule has 0 aliphatic heterocycles. The molecule has 166 valence electrons. The fourth-order valence-corrected chi connectivity index (χ4v) is 3.25. The third kappa shape index (κ3) is 6.48. The highest BCUT2D eigenvalue weighted by Crippen LogP contribution is 2.23. The van der Waals surface area contributed by atoms with Gasteiger partial charge in [0.15, 0.2) is 0 Å². The van der Waals surface area contributed by atoms with Crippen LogP contribution in [0.5, 0.6) is 0 Å². The smallest absolute Gasteiger partial charge is 0.389 e. The monoisotopic (exact) mass is 435 g/mol. The summed E-state index contributed by atoms with van der Waals surface area (Å²) in [6.45, 7) is 2.55. The Hall–Kier alpha value is -3.01. The maximum Gasteiger partial charge on any atom is 0.389 e. The van der Waals surface area contributed by atoms with E-state index in [9.17, 15) is 18.0 Å². The molecular weight excluding hydrogens is 411 g/mol. The van der Waals surface area contributed by atoms with Crippen LogP contribution >= 0.6 is 0 Å². The van der Waals surface area contributed by atoms with Crippen LogP contribution in [0.2, 0.25) is 0 Å². The number of alkyl halides is 3. The lowest BCUT2D eigenvalue weighted by Crippen LogP contribution is -2.26. The molecule has 3 aromatic rings. The number of amides is 1. The van der Waals surface area contributed by atoms with Crippen LogP contribution in [0.1, 0.15) is 35.4 Å². The highest BCUT2D eigenvalue weighted by molar-refractivity contribution is 5.86. The number of carbonyl (C=O) groups is 1. The number of nitrogens with zero attached hydrogens (tertiary/aromatic N) is 4. The number of carbonyl (C=O) groups excluding carboxylic acids is 1. The van der Waals surface area contributed by atoms with Gasteiger partial charge in [-0.15, -0.1) is 0 Å². The second kappa shape index (κ2) is 9.86. The van der Waals surface area contributed by atoms with Crippen molar-refractivity contribution < 1.29 is 23.1 Å². The summed E-state index contributed by atoms with van der Waals surface area (Å²) in [6, 6.07) is 3.57. The molecule has 3 heterocycles. The van der Waals surface area contributed by atoms with Crippen molar-refractivity contribution in [3.8, 4) is 0 Å². The molecule has 0 bridgehead atoms. The number of aromatic nitrogens is 4. The Bertz CT molecular complexity index is 1050. The van der Waals surface area contributed by atoms with Gasteiger partial charge in [0.2, 0.25) is 5.91 Å². The number of aliphatic hydroxyl groups excluding tert-OH is 1. The van der Waals surface area contributed by atoms with E-state index in [1.807, 2.05) is 6.07 Å². The lowest BCUT2D eigenvalue weighted by Gasteiger charge is -2.09. The third-order valence-corrected chi connectivity index (χ3v) is 4.78. The summed E-state index contributed by atoms with van der Waals surface area (Å²) in [7, 11) is 0. The van der Waals surface area contributed by atoms with Gasteiger partial charge in [0, 0.05) is 49.2 Å². The topological polar surface area (TPSA) is 92.9 Å². The van der Waals surface area contributed by atoms with Crippen LogP contribution in [0.3, 0.4) is 0 Å². The minimum atomic E-state index is -4.20. The average molecular weight is 435 g/mol. The molecule has 10 heteroatoms. The molecule has 0 saturated heterocycles. The number of rotatable bonds is 9. The third-order valence-electron chi connectivity index (χ3n) is 4.78. The maximum atomic E-state index is 12.5. The van der Waals surface area contributed by atoms with Crippen LogP contribution in [0.25, 0.3) is 10.9 Å². The van der Waals surface area contributed by atoms with Crippen molar-refractivity contribution in [3.05, 3.63) is 53.2 Å². The highest BCUT2D eigenvalue weighted by Gasteiger charge is 2.27. The first-order valence-electron chi connectivity index (χ1n) is 9.95. The van der Waals surface area contributed by atoms with Crippen molar-refractivity contribution >= 4 is 16.8 Å². The molecule has 0 aromatic carbocycles. The van der Waals surface area contributed by atoms with Gasteiger partial charge in [0.05, 0.1) is 24.2 Å². The molecule has 0 saturated carbocycles. The van der Waals surface area contributed by atoms with E-state index in [4.69, 9.17) is 5.11 Å². The Balaban J connectivity index is 1.71. The van der Waals surface area contributed by atoms with Crippen LogP contribution in [0, 0.1) is 6.92 Å². The zero-order chi connectivity index (χ0) is 22.4. The van der Waals surface area contributed by atoms with Gasteiger partial charge in [-0.1, -0.05) is 6.07 Å². The molecule has 0 radical (unpaired) electrons. The molecule has 1 amide bonds. The van der Waals surface area contributed by atoms with Crippen molar-refractivity contribution in [1.82, 2.24) is 25.1 Å². The van der Waals surface area contributed by atoms with E-state index in [2.05, 4.69) is 20.4 Å². The second-order valence-corrected chi connectivity index (χ2v) is 7.34. The average Bonchev–Trinajstić information content (AvgIpc) is 3.10. The number of hydrogen-bond donors (Lipinski definition) is 2. The first-order valence-corrected chi connectivity index (χ1v) is 9.95. The summed E-state index contributed by atoms with van der Waals surface area (Å²) in [5, 5.41) is 16.8. The SMILES string of the molecule is Cc1cc(Cn2cc3c(CC(=O)NCCCO)nccc3n2)cnc1CCC(F)(F)F. The molecule has 7 nitrogen and oxygen atoms in total. The molecule has 3 rings (SSSR count). The molecule has 2 N–H and O–H groups in total. The number of pyridine rings is 2. The van der Waals surface area contributed by atoms with Gasteiger partial charge in [0.1, 0.15) is 0 Å². The predicted octanol–water partition coefficient (Wildman–Crippen LogP) is 2.72. The maximum absolute atomic E-state index is 12.5. The predicted molar refractivity (Wildman–Crippen MR) is 108 cm³/mol. The minimum Gasteiger partial charge on any atom is -0.396 e. The number of nitrogens with one attached hydrogen (secondary N) is 1. The number of halogens is 3. The van der Waals surface area contributed by atoms with Crippen molar-refractivity contribution in [3.63, 3.8) is 0 Å². The van der Waals surface area contributed by atoms with E-state index in [1.54, 1.807) is 36.3 Å². The summed E-state index contributed by atoms with van der Waals surface area (Å²) >= 11 is 0. The molecule has 0 fully saturated rings. The quantitative estimate of drug-likeness (QED) is 0.504. The normalized spacial score (nSPS) is 11.8. The zero-order valence-electron chi connectivity index (χ0n) is 17.1. The fraction of sp³-hybridized carbons (Fsp3) is 0.429. The van der Waals surface area contributed by atoms with Crippen molar-refractivity contribution in [2.75, 3.05) is 13.2 Å². The molecule has 0 spiro atoms. The summed E-state index contributed by atoms with van der Waals surface area (Å²) in [5.41, 5.74) is 3.25. The summed E-state index contributed by atoms with van der Waals surface area (Å²) in [6.07, 6.45) is 0.308. The molecule has 31 heavy (non-hydrogen) atoms. The van der Waals surface area contributed by atoms with Gasteiger partial charge >= 0.3 is 6.18 Å². The summed E-state index contributed by atoms with van der Waals surface area (Å²) < 4.78 is 39.1.